The molecule has 42 heavy (non-hydrogen) atoms. The minimum atomic E-state index is 0.638. The van der Waals surface area contributed by atoms with E-state index in [1.165, 1.54) is 0 Å². The van der Waals surface area contributed by atoms with Crippen molar-refractivity contribution in [1.82, 2.24) is 24.9 Å². The Balaban J connectivity index is 1.20. The van der Waals surface area contributed by atoms with Gasteiger partial charge in [-0.3, -0.25) is 9.97 Å². The number of pyridine rings is 2. The van der Waals surface area contributed by atoms with Crippen molar-refractivity contribution in [2.45, 2.75) is 0 Å². The van der Waals surface area contributed by atoms with Crippen LogP contribution in [0.15, 0.2) is 152 Å². The quantitative estimate of drug-likeness (QED) is 0.212. The van der Waals surface area contributed by atoms with Crippen LogP contribution in [0.3, 0.4) is 0 Å². The van der Waals surface area contributed by atoms with Gasteiger partial charge in [0.1, 0.15) is 0 Å². The molecule has 5 nitrogen and oxygen atoms in total. The van der Waals surface area contributed by atoms with Gasteiger partial charge in [-0.2, -0.15) is 0 Å². The van der Waals surface area contributed by atoms with Gasteiger partial charge in [-0.05, 0) is 29.3 Å². The molecule has 0 unspecified atom stereocenters. The highest BCUT2D eigenvalue weighted by molar-refractivity contribution is 5.74. The highest BCUT2D eigenvalue weighted by atomic mass is 15.0. The third-order valence-electron chi connectivity index (χ3n) is 7.09. The van der Waals surface area contributed by atoms with E-state index >= 15 is 0 Å². The lowest BCUT2D eigenvalue weighted by Gasteiger charge is -2.10. The smallest absolute Gasteiger partial charge is 0.164 e. The number of benzene rings is 4. The van der Waals surface area contributed by atoms with Gasteiger partial charge >= 0.3 is 0 Å². The molecule has 0 N–H and O–H groups in total. The summed E-state index contributed by atoms with van der Waals surface area (Å²) in [7, 11) is 0. The number of hydrogen-bond donors (Lipinski definition) is 0. The molecule has 7 aromatic rings. The van der Waals surface area contributed by atoms with Gasteiger partial charge in [0.2, 0.25) is 0 Å². The standard InChI is InChI=1S/C37H25N5/c1-3-9-28(10-4-1)35-40-36(29-11-5-2-6-12-29)42-37(41-35)31-14-7-13-30(23-31)26-16-18-27(19-17-26)34-21-20-33(25-39-34)32-15-8-22-38-24-32/h1-25H. The first-order chi connectivity index (χ1) is 20.8. The molecule has 0 bridgehead atoms. The molecule has 7 rings (SSSR count). The van der Waals surface area contributed by atoms with Gasteiger partial charge < -0.3 is 0 Å². The Bertz CT molecular complexity index is 1880. The Morgan fingerprint density at radius 1 is 0.333 bits per heavy atom. The Morgan fingerprint density at radius 2 is 0.857 bits per heavy atom. The fraction of sp³-hybridized carbons (Fsp3) is 0. The van der Waals surface area contributed by atoms with E-state index in [-0.39, 0.29) is 0 Å². The second-order valence-corrected chi connectivity index (χ2v) is 9.87. The van der Waals surface area contributed by atoms with Crippen LogP contribution in [0.1, 0.15) is 0 Å². The van der Waals surface area contributed by atoms with Crippen molar-refractivity contribution in [3.63, 3.8) is 0 Å². The molecule has 0 atom stereocenters. The number of aromatic nitrogens is 5. The molecule has 0 aliphatic carbocycles. The predicted molar refractivity (Wildman–Crippen MR) is 168 cm³/mol. The highest BCUT2D eigenvalue weighted by Gasteiger charge is 2.13. The summed E-state index contributed by atoms with van der Waals surface area (Å²) in [6, 6.07) is 45.0. The summed E-state index contributed by atoms with van der Waals surface area (Å²) in [6.07, 6.45) is 5.52. The van der Waals surface area contributed by atoms with Gasteiger partial charge in [-0.1, -0.05) is 115 Å². The first-order valence-electron chi connectivity index (χ1n) is 13.7. The van der Waals surface area contributed by atoms with Gasteiger partial charge in [0, 0.05) is 52.0 Å². The third-order valence-corrected chi connectivity index (χ3v) is 7.09. The fourth-order valence-electron chi connectivity index (χ4n) is 4.88. The van der Waals surface area contributed by atoms with E-state index in [0.29, 0.717) is 17.5 Å². The molecule has 0 aliphatic rings. The van der Waals surface area contributed by atoms with Crippen LogP contribution in [-0.4, -0.2) is 24.9 Å². The van der Waals surface area contributed by atoms with Crippen molar-refractivity contribution in [3.8, 4) is 67.7 Å². The number of rotatable bonds is 6. The maximum atomic E-state index is 4.88. The van der Waals surface area contributed by atoms with Crippen LogP contribution in [0.2, 0.25) is 0 Å². The first kappa shape index (κ1) is 25.2. The second-order valence-electron chi connectivity index (χ2n) is 9.87. The zero-order valence-electron chi connectivity index (χ0n) is 22.7. The van der Waals surface area contributed by atoms with Gasteiger partial charge in [-0.25, -0.2) is 15.0 Å². The number of hydrogen-bond acceptors (Lipinski definition) is 5. The van der Waals surface area contributed by atoms with Crippen molar-refractivity contribution in [3.05, 3.63) is 152 Å². The van der Waals surface area contributed by atoms with Crippen molar-refractivity contribution in [2.75, 3.05) is 0 Å². The van der Waals surface area contributed by atoms with Gasteiger partial charge in [0.25, 0.3) is 0 Å². The van der Waals surface area contributed by atoms with Crippen LogP contribution in [0, 0.1) is 0 Å². The summed E-state index contributed by atoms with van der Waals surface area (Å²) < 4.78 is 0. The lowest BCUT2D eigenvalue weighted by molar-refractivity contribution is 1.07. The molecule has 0 aliphatic heterocycles. The summed E-state index contributed by atoms with van der Waals surface area (Å²) in [5.74, 6) is 1.94. The largest absolute Gasteiger partial charge is 0.264 e. The number of nitrogens with zero attached hydrogens (tertiary/aromatic N) is 5. The maximum absolute atomic E-state index is 4.88. The Labute approximate surface area is 244 Å². The van der Waals surface area contributed by atoms with Crippen LogP contribution in [0.5, 0.6) is 0 Å². The van der Waals surface area contributed by atoms with Crippen molar-refractivity contribution in [1.29, 1.82) is 0 Å². The molecule has 0 radical (unpaired) electrons. The topological polar surface area (TPSA) is 64.5 Å². The minimum Gasteiger partial charge on any atom is -0.264 e. The molecule has 0 fully saturated rings. The molecular formula is C37H25N5. The summed E-state index contributed by atoms with van der Waals surface area (Å²) in [5.41, 5.74) is 9.11. The zero-order valence-corrected chi connectivity index (χ0v) is 22.7. The molecule has 0 amide bonds. The lowest BCUT2D eigenvalue weighted by atomic mass is 10.00. The van der Waals surface area contributed by atoms with Crippen LogP contribution in [0.4, 0.5) is 0 Å². The van der Waals surface area contributed by atoms with Gasteiger partial charge in [0.05, 0.1) is 5.69 Å². The Hall–Kier alpha value is -5.81. The van der Waals surface area contributed by atoms with E-state index in [1.54, 1.807) is 6.20 Å². The molecule has 4 aromatic carbocycles. The highest BCUT2D eigenvalue weighted by Crippen LogP contribution is 2.30. The average Bonchev–Trinajstić information content (AvgIpc) is 3.09. The summed E-state index contributed by atoms with van der Waals surface area (Å²) in [6.45, 7) is 0. The van der Waals surface area contributed by atoms with E-state index in [0.717, 1.165) is 50.2 Å². The molecule has 3 aromatic heterocycles. The molecule has 198 valence electrons. The first-order valence-corrected chi connectivity index (χ1v) is 13.7. The van der Waals surface area contributed by atoms with E-state index in [4.69, 9.17) is 19.9 Å². The van der Waals surface area contributed by atoms with E-state index in [1.807, 2.05) is 103 Å². The Kier molecular flexibility index (Phi) is 6.81. The SMILES string of the molecule is c1ccc(-c2nc(-c3ccccc3)nc(-c3cccc(-c4ccc(-c5ccc(-c6cccnc6)cn5)cc4)c3)n2)cc1. The van der Waals surface area contributed by atoms with Crippen LogP contribution < -0.4 is 0 Å². The van der Waals surface area contributed by atoms with Gasteiger partial charge in [0.15, 0.2) is 17.5 Å². The summed E-state index contributed by atoms with van der Waals surface area (Å²) in [5, 5.41) is 0. The van der Waals surface area contributed by atoms with E-state index < -0.39 is 0 Å². The van der Waals surface area contributed by atoms with E-state index in [9.17, 15) is 0 Å². The molecule has 3 heterocycles. The normalized spacial score (nSPS) is 10.9. The fourth-order valence-corrected chi connectivity index (χ4v) is 4.88. The lowest BCUT2D eigenvalue weighted by Crippen LogP contribution is -2.00. The molecule has 5 heteroatoms. The summed E-state index contributed by atoms with van der Waals surface area (Å²) >= 11 is 0. The van der Waals surface area contributed by atoms with Crippen LogP contribution in [-0.2, 0) is 0 Å². The molecule has 0 spiro atoms. The molecule has 0 saturated heterocycles. The average molecular weight is 540 g/mol. The van der Waals surface area contributed by atoms with Crippen molar-refractivity contribution in [2.24, 2.45) is 0 Å². The third kappa shape index (κ3) is 5.31. The molecular weight excluding hydrogens is 514 g/mol. The predicted octanol–water partition coefficient (Wildman–Crippen LogP) is 8.66. The Morgan fingerprint density at radius 3 is 1.45 bits per heavy atom. The second kappa shape index (κ2) is 11.4. The minimum absolute atomic E-state index is 0.638. The van der Waals surface area contributed by atoms with E-state index in [2.05, 4.69) is 47.4 Å². The van der Waals surface area contributed by atoms with Gasteiger partial charge in [-0.15, -0.1) is 0 Å². The van der Waals surface area contributed by atoms with Crippen LogP contribution >= 0.6 is 0 Å². The summed E-state index contributed by atoms with van der Waals surface area (Å²) in [4.78, 5) is 23.5. The van der Waals surface area contributed by atoms with Crippen molar-refractivity contribution >= 4 is 0 Å². The molecule has 0 saturated carbocycles. The van der Waals surface area contributed by atoms with Crippen LogP contribution in [0.25, 0.3) is 67.7 Å². The zero-order chi connectivity index (χ0) is 28.1. The monoisotopic (exact) mass is 539 g/mol. The van der Waals surface area contributed by atoms with Crippen molar-refractivity contribution < 1.29 is 0 Å². The maximum Gasteiger partial charge on any atom is 0.164 e.